The zero-order chi connectivity index (χ0) is 14.8. The Balaban J connectivity index is 2.97. The van der Waals surface area contributed by atoms with E-state index in [9.17, 15) is 9.59 Å². The first kappa shape index (κ1) is 15.7. The van der Waals surface area contributed by atoms with Crippen LogP contribution in [0, 0.1) is 3.57 Å². The molecular formula is C13H16INO4. The van der Waals surface area contributed by atoms with E-state index in [0.717, 1.165) is 0 Å². The summed E-state index contributed by atoms with van der Waals surface area (Å²) in [5, 5.41) is 8.89. The molecule has 1 aromatic rings. The van der Waals surface area contributed by atoms with Crippen molar-refractivity contribution in [2.45, 2.75) is 26.4 Å². The van der Waals surface area contributed by atoms with Crippen molar-refractivity contribution in [1.82, 2.24) is 0 Å². The topological polar surface area (TPSA) is 66.8 Å². The molecule has 0 aromatic heterocycles. The molecule has 104 valence electrons. The molecule has 6 heteroatoms. The number of carbonyl (C=O) groups is 2. The van der Waals surface area contributed by atoms with Crippen LogP contribution in [0.25, 0.3) is 0 Å². The molecule has 0 atom stereocenters. The summed E-state index contributed by atoms with van der Waals surface area (Å²) in [4.78, 5) is 24.1. The van der Waals surface area contributed by atoms with Gasteiger partial charge in [0.2, 0.25) is 0 Å². The van der Waals surface area contributed by atoms with Gasteiger partial charge in [-0.25, -0.2) is 9.59 Å². The molecule has 0 saturated heterocycles. The van der Waals surface area contributed by atoms with Gasteiger partial charge in [0.1, 0.15) is 5.60 Å². The summed E-state index contributed by atoms with van der Waals surface area (Å²) >= 11 is 1.99. The molecule has 1 rings (SSSR count). The standard InChI is InChI=1S/C13H16INO4/c1-13(2,3)19-12(18)15(4)10-6-5-8(11(16)17)7-9(10)14/h5-7H,1-4H3,(H,16,17). The summed E-state index contributed by atoms with van der Waals surface area (Å²) in [6, 6.07) is 4.56. The highest BCUT2D eigenvalue weighted by molar-refractivity contribution is 14.1. The van der Waals surface area contributed by atoms with E-state index >= 15 is 0 Å². The molecular weight excluding hydrogens is 361 g/mol. The summed E-state index contributed by atoms with van der Waals surface area (Å²) in [6.07, 6.45) is -0.478. The molecule has 19 heavy (non-hydrogen) atoms. The number of halogens is 1. The fourth-order valence-corrected chi connectivity index (χ4v) is 2.22. The van der Waals surface area contributed by atoms with Crippen molar-refractivity contribution in [1.29, 1.82) is 0 Å². The molecule has 0 bridgehead atoms. The molecule has 0 aliphatic carbocycles. The lowest BCUT2D eigenvalue weighted by atomic mass is 10.2. The number of nitrogens with zero attached hydrogens (tertiary/aromatic N) is 1. The van der Waals surface area contributed by atoms with Gasteiger partial charge in [0.15, 0.2) is 0 Å². The molecule has 0 radical (unpaired) electrons. The van der Waals surface area contributed by atoms with Crippen LogP contribution in [0.15, 0.2) is 18.2 Å². The number of benzene rings is 1. The predicted molar refractivity (Wildman–Crippen MR) is 80.8 cm³/mol. The van der Waals surface area contributed by atoms with Gasteiger partial charge in [-0.3, -0.25) is 4.90 Å². The first-order chi connectivity index (χ1) is 8.61. The Bertz CT molecular complexity index is 508. The fraction of sp³-hybridized carbons (Fsp3) is 0.385. The van der Waals surface area contributed by atoms with Gasteiger partial charge in [0, 0.05) is 10.6 Å². The quantitative estimate of drug-likeness (QED) is 0.803. The van der Waals surface area contributed by atoms with Crippen molar-refractivity contribution in [2.75, 3.05) is 11.9 Å². The number of carboxylic acid groups (broad SMARTS) is 1. The number of carboxylic acids is 1. The number of amides is 1. The van der Waals surface area contributed by atoms with Crippen molar-refractivity contribution in [3.05, 3.63) is 27.3 Å². The molecule has 0 unspecified atom stereocenters. The van der Waals surface area contributed by atoms with Gasteiger partial charge >= 0.3 is 12.1 Å². The van der Waals surface area contributed by atoms with Crippen LogP contribution in [-0.4, -0.2) is 29.8 Å². The first-order valence-electron chi connectivity index (χ1n) is 5.61. The maximum Gasteiger partial charge on any atom is 0.414 e. The zero-order valence-corrected chi connectivity index (χ0v) is 13.4. The van der Waals surface area contributed by atoms with Crippen LogP contribution in [0.2, 0.25) is 0 Å². The van der Waals surface area contributed by atoms with E-state index in [4.69, 9.17) is 9.84 Å². The summed E-state index contributed by atoms with van der Waals surface area (Å²) < 4.78 is 5.93. The van der Waals surface area contributed by atoms with Crippen LogP contribution < -0.4 is 4.90 Å². The summed E-state index contributed by atoms with van der Waals surface area (Å²) in [6.45, 7) is 5.37. The summed E-state index contributed by atoms with van der Waals surface area (Å²) in [5.41, 5.74) is 0.225. The average Bonchev–Trinajstić information content (AvgIpc) is 2.25. The number of hydrogen-bond donors (Lipinski definition) is 1. The number of aromatic carboxylic acids is 1. The van der Waals surface area contributed by atoms with E-state index in [1.165, 1.54) is 17.0 Å². The highest BCUT2D eigenvalue weighted by Gasteiger charge is 2.22. The van der Waals surface area contributed by atoms with Crippen LogP contribution in [-0.2, 0) is 4.74 Å². The number of ether oxygens (including phenoxy) is 1. The van der Waals surface area contributed by atoms with Gasteiger partial charge < -0.3 is 9.84 Å². The normalized spacial score (nSPS) is 11.0. The first-order valence-corrected chi connectivity index (χ1v) is 6.69. The largest absolute Gasteiger partial charge is 0.478 e. The van der Waals surface area contributed by atoms with Crippen LogP contribution in [0.5, 0.6) is 0 Å². The maximum atomic E-state index is 11.9. The fourth-order valence-electron chi connectivity index (χ4n) is 1.34. The lowest BCUT2D eigenvalue weighted by Gasteiger charge is -2.25. The smallest absolute Gasteiger partial charge is 0.414 e. The number of anilines is 1. The SMILES string of the molecule is CN(C(=O)OC(C)(C)C)c1ccc(C(=O)O)cc1I. The molecule has 0 aliphatic rings. The van der Waals surface area contributed by atoms with E-state index in [1.807, 2.05) is 22.6 Å². The maximum absolute atomic E-state index is 11.9. The van der Waals surface area contributed by atoms with Crippen molar-refractivity contribution >= 4 is 40.3 Å². The van der Waals surface area contributed by atoms with E-state index < -0.39 is 17.7 Å². The predicted octanol–water partition coefficient (Wildman–Crippen LogP) is 3.36. The van der Waals surface area contributed by atoms with Gasteiger partial charge in [-0.05, 0) is 61.6 Å². The van der Waals surface area contributed by atoms with Gasteiger partial charge in [0.05, 0.1) is 11.3 Å². The minimum atomic E-state index is -0.996. The third-order valence-corrected chi connectivity index (χ3v) is 3.09. The number of carbonyl (C=O) groups excluding carboxylic acids is 1. The molecule has 1 N–H and O–H groups in total. The van der Waals surface area contributed by atoms with E-state index in [0.29, 0.717) is 9.26 Å². The summed E-state index contributed by atoms with van der Waals surface area (Å²) in [5.74, 6) is -0.996. The molecule has 1 aromatic carbocycles. The molecule has 0 saturated carbocycles. The van der Waals surface area contributed by atoms with Crippen LogP contribution in [0.3, 0.4) is 0 Å². The second-order valence-electron chi connectivity index (χ2n) is 5.01. The Hall–Kier alpha value is -1.31. The third kappa shape index (κ3) is 4.38. The molecule has 0 aliphatic heterocycles. The van der Waals surface area contributed by atoms with Gasteiger partial charge in [-0.1, -0.05) is 0 Å². The van der Waals surface area contributed by atoms with Crippen molar-refractivity contribution in [3.63, 3.8) is 0 Å². The van der Waals surface area contributed by atoms with E-state index in [-0.39, 0.29) is 5.56 Å². The zero-order valence-electron chi connectivity index (χ0n) is 11.2. The lowest BCUT2D eigenvalue weighted by Crippen LogP contribution is -2.34. The Labute approximate surface area is 125 Å². The van der Waals surface area contributed by atoms with Gasteiger partial charge in [-0.15, -0.1) is 0 Å². The monoisotopic (exact) mass is 377 g/mol. The van der Waals surface area contributed by atoms with Gasteiger partial charge in [-0.2, -0.15) is 0 Å². The third-order valence-electron chi connectivity index (χ3n) is 2.22. The molecule has 0 heterocycles. The van der Waals surface area contributed by atoms with Crippen LogP contribution >= 0.6 is 22.6 Å². The van der Waals surface area contributed by atoms with E-state index in [2.05, 4.69) is 0 Å². The highest BCUT2D eigenvalue weighted by atomic mass is 127. The minimum absolute atomic E-state index is 0.186. The summed E-state index contributed by atoms with van der Waals surface area (Å²) in [7, 11) is 1.59. The second kappa shape index (κ2) is 5.77. The molecule has 5 nitrogen and oxygen atoms in total. The Morgan fingerprint density at radius 2 is 1.89 bits per heavy atom. The number of hydrogen-bond acceptors (Lipinski definition) is 3. The molecule has 1 amide bonds. The van der Waals surface area contributed by atoms with Crippen molar-refractivity contribution < 1.29 is 19.4 Å². The van der Waals surface area contributed by atoms with Crippen LogP contribution in [0.1, 0.15) is 31.1 Å². The second-order valence-corrected chi connectivity index (χ2v) is 6.17. The average molecular weight is 377 g/mol. The van der Waals surface area contributed by atoms with E-state index in [1.54, 1.807) is 33.9 Å². The molecule has 0 spiro atoms. The Morgan fingerprint density at radius 3 is 2.32 bits per heavy atom. The van der Waals surface area contributed by atoms with Crippen molar-refractivity contribution in [2.24, 2.45) is 0 Å². The molecule has 0 fully saturated rings. The Kier molecular flexibility index (Phi) is 4.78. The Morgan fingerprint density at radius 1 is 1.32 bits per heavy atom. The van der Waals surface area contributed by atoms with Crippen LogP contribution in [0.4, 0.5) is 10.5 Å². The van der Waals surface area contributed by atoms with Crippen molar-refractivity contribution in [3.8, 4) is 0 Å². The van der Waals surface area contributed by atoms with Gasteiger partial charge in [0.25, 0.3) is 0 Å². The minimum Gasteiger partial charge on any atom is -0.478 e. The number of rotatable bonds is 2. The lowest BCUT2D eigenvalue weighted by molar-refractivity contribution is 0.0588. The highest BCUT2D eigenvalue weighted by Crippen LogP contribution is 2.24.